The summed E-state index contributed by atoms with van der Waals surface area (Å²) in [5.74, 6) is -0.279. The summed E-state index contributed by atoms with van der Waals surface area (Å²) in [6.07, 6.45) is 10.1. The van der Waals surface area contributed by atoms with Crippen LogP contribution in [0.25, 0.3) is 11.8 Å². The summed E-state index contributed by atoms with van der Waals surface area (Å²) in [5.41, 5.74) is 2.82. The van der Waals surface area contributed by atoms with E-state index in [1.165, 1.54) is 6.20 Å². The SMILES string of the molecule is Cl.Cl.O=C(O)C1=CNC2=c3cc4c(cc3OC=CC2=C1)=NC=C4. The highest BCUT2D eigenvalue weighted by Crippen LogP contribution is 2.21. The Morgan fingerprint density at radius 3 is 2.83 bits per heavy atom. The van der Waals surface area contributed by atoms with Crippen LogP contribution in [0.5, 0.6) is 5.75 Å². The Morgan fingerprint density at radius 2 is 2.04 bits per heavy atom. The Balaban J connectivity index is 0.000000960. The first kappa shape index (κ1) is 16.9. The lowest BCUT2D eigenvalue weighted by atomic mass is 10.0. The number of dihydropyridines is 1. The first-order valence-corrected chi connectivity index (χ1v) is 6.40. The number of rotatable bonds is 1. The molecule has 0 radical (unpaired) electrons. The third-order valence-corrected chi connectivity index (χ3v) is 3.53. The van der Waals surface area contributed by atoms with E-state index in [4.69, 9.17) is 9.84 Å². The molecule has 118 valence electrons. The van der Waals surface area contributed by atoms with Crippen LogP contribution >= 0.6 is 24.8 Å². The van der Waals surface area contributed by atoms with Crippen LogP contribution in [0.4, 0.5) is 0 Å². The Morgan fingerprint density at radius 1 is 1.22 bits per heavy atom. The second-order valence-electron chi connectivity index (χ2n) is 4.80. The summed E-state index contributed by atoms with van der Waals surface area (Å²) in [4.78, 5) is 15.3. The van der Waals surface area contributed by atoms with Crippen molar-refractivity contribution in [2.45, 2.75) is 0 Å². The van der Waals surface area contributed by atoms with Gasteiger partial charge >= 0.3 is 5.97 Å². The van der Waals surface area contributed by atoms with E-state index in [-0.39, 0.29) is 30.4 Å². The van der Waals surface area contributed by atoms with Crippen LogP contribution < -0.4 is 20.6 Å². The van der Waals surface area contributed by atoms with E-state index in [2.05, 4.69) is 10.3 Å². The minimum Gasteiger partial charge on any atom is -0.478 e. The maximum absolute atomic E-state index is 11.1. The highest BCUT2D eigenvalue weighted by Gasteiger charge is 2.18. The van der Waals surface area contributed by atoms with Crippen LogP contribution in [0.15, 0.2) is 59.1 Å². The summed E-state index contributed by atoms with van der Waals surface area (Å²) in [5, 5.41) is 13.9. The average molecular weight is 351 g/mol. The van der Waals surface area contributed by atoms with Gasteiger partial charge in [-0.1, -0.05) is 0 Å². The number of nitrogens with zero attached hydrogens (tertiary/aromatic N) is 1. The molecule has 7 heteroatoms. The van der Waals surface area contributed by atoms with Crippen molar-refractivity contribution in [3.8, 4) is 5.75 Å². The molecule has 0 aliphatic carbocycles. The number of aliphatic carboxylic acids is 1. The van der Waals surface area contributed by atoms with Gasteiger partial charge < -0.3 is 15.2 Å². The van der Waals surface area contributed by atoms with Crippen LogP contribution in [0, 0.1) is 0 Å². The number of carbonyl (C=O) groups is 1. The number of hydrogen-bond donors (Lipinski definition) is 2. The summed E-state index contributed by atoms with van der Waals surface area (Å²) in [6, 6.07) is 3.86. The summed E-state index contributed by atoms with van der Waals surface area (Å²) in [7, 11) is 0. The lowest BCUT2D eigenvalue weighted by Crippen LogP contribution is -2.24. The van der Waals surface area contributed by atoms with Gasteiger partial charge in [-0.25, -0.2) is 4.79 Å². The first-order chi connectivity index (χ1) is 10.2. The molecular formula is C16H12Cl2N2O3. The Hall–Kier alpha value is -2.50. The van der Waals surface area contributed by atoms with Gasteiger partial charge in [0.05, 0.1) is 22.9 Å². The molecule has 3 heterocycles. The molecule has 5 nitrogen and oxygen atoms in total. The molecule has 0 bridgehead atoms. The number of carboxylic acids is 1. The fraction of sp³-hybridized carbons (Fsp3) is 0. The van der Waals surface area contributed by atoms with E-state index >= 15 is 0 Å². The smallest absolute Gasteiger partial charge is 0.337 e. The highest BCUT2D eigenvalue weighted by molar-refractivity contribution is 5.93. The molecule has 0 amide bonds. The van der Waals surface area contributed by atoms with Gasteiger partial charge in [0.1, 0.15) is 5.75 Å². The maximum atomic E-state index is 11.1. The molecule has 0 spiro atoms. The van der Waals surface area contributed by atoms with E-state index in [1.807, 2.05) is 18.2 Å². The van der Waals surface area contributed by atoms with Crippen molar-refractivity contribution in [3.05, 3.63) is 70.2 Å². The number of fused-ring (bicyclic) bond motifs is 3. The van der Waals surface area contributed by atoms with Crippen molar-refractivity contribution in [3.63, 3.8) is 0 Å². The van der Waals surface area contributed by atoms with Crippen molar-refractivity contribution in [1.82, 2.24) is 5.32 Å². The summed E-state index contributed by atoms with van der Waals surface area (Å²) in [6.45, 7) is 0. The number of nitrogens with one attached hydrogen (secondary N) is 1. The van der Waals surface area contributed by atoms with Gasteiger partial charge in [-0.05, 0) is 24.3 Å². The van der Waals surface area contributed by atoms with Gasteiger partial charge in [0.2, 0.25) is 0 Å². The second kappa shape index (κ2) is 6.32. The lowest BCUT2D eigenvalue weighted by molar-refractivity contribution is -0.132. The van der Waals surface area contributed by atoms with Gasteiger partial charge in [0.15, 0.2) is 0 Å². The van der Waals surface area contributed by atoms with Crippen LogP contribution in [-0.4, -0.2) is 11.1 Å². The highest BCUT2D eigenvalue weighted by atomic mass is 35.5. The molecule has 0 saturated carbocycles. The Bertz CT molecular complexity index is 927. The largest absolute Gasteiger partial charge is 0.478 e. The molecule has 0 saturated heterocycles. The molecule has 23 heavy (non-hydrogen) atoms. The fourth-order valence-electron chi connectivity index (χ4n) is 2.51. The number of halogens is 2. The number of hydrogen-bond acceptors (Lipinski definition) is 4. The first-order valence-electron chi connectivity index (χ1n) is 6.40. The maximum Gasteiger partial charge on any atom is 0.337 e. The number of benzene rings is 1. The monoisotopic (exact) mass is 350 g/mol. The standard InChI is InChI=1S/C16H10N2O3.2ClH/c19-16(20)11-5-10-2-4-21-14-7-13-9(1-3-17-13)6-12(14)15(10)18-8-11;;/h1-8,18H,(H,19,20);2*1H. The topological polar surface area (TPSA) is 70.9 Å². The summed E-state index contributed by atoms with van der Waals surface area (Å²) >= 11 is 0. The minimum absolute atomic E-state index is 0. The van der Waals surface area contributed by atoms with Crippen LogP contribution in [0.2, 0.25) is 0 Å². The second-order valence-corrected chi connectivity index (χ2v) is 4.80. The molecule has 4 rings (SSSR count). The van der Waals surface area contributed by atoms with Gasteiger partial charge in [-0.3, -0.25) is 4.99 Å². The van der Waals surface area contributed by atoms with E-state index in [0.717, 1.165) is 27.4 Å². The van der Waals surface area contributed by atoms with Crippen molar-refractivity contribution in [2.75, 3.05) is 0 Å². The molecule has 1 aromatic rings. The van der Waals surface area contributed by atoms with Gasteiger partial charge in [0.25, 0.3) is 0 Å². The molecule has 2 N–H and O–H groups in total. The van der Waals surface area contributed by atoms with Crippen LogP contribution in [-0.2, 0) is 4.79 Å². The molecule has 3 aliphatic heterocycles. The minimum atomic E-state index is -0.969. The number of ether oxygens (including phenoxy) is 1. The molecule has 0 aromatic heterocycles. The Labute approximate surface area is 143 Å². The predicted octanol–water partition coefficient (Wildman–Crippen LogP) is 1.65. The molecule has 0 unspecified atom stereocenters. The predicted molar refractivity (Wildman–Crippen MR) is 90.9 cm³/mol. The molecule has 1 aromatic carbocycles. The van der Waals surface area contributed by atoms with Crippen LogP contribution in [0.3, 0.4) is 0 Å². The van der Waals surface area contributed by atoms with E-state index in [1.54, 1.807) is 24.6 Å². The van der Waals surface area contributed by atoms with Crippen molar-refractivity contribution < 1.29 is 14.6 Å². The quantitative estimate of drug-likeness (QED) is 0.807. The van der Waals surface area contributed by atoms with Crippen LogP contribution in [0.1, 0.15) is 5.56 Å². The van der Waals surface area contributed by atoms with E-state index in [0.29, 0.717) is 5.75 Å². The lowest BCUT2D eigenvalue weighted by Gasteiger charge is -2.14. The zero-order valence-corrected chi connectivity index (χ0v) is 13.3. The van der Waals surface area contributed by atoms with E-state index in [9.17, 15) is 4.79 Å². The third kappa shape index (κ3) is 2.76. The van der Waals surface area contributed by atoms with Gasteiger partial charge in [-0.2, -0.15) is 0 Å². The van der Waals surface area contributed by atoms with Crippen molar-refractivity contribution in [2.24, 2.45) is 4.99 Å². The van der Waals surface area contributed by atoms with Crippen molar-refractivity contribution in [1.29, 1.82) is 0 Å². The number of carboxylic acid groups (broad SMARTS) is 1. The van der Waals surface area contributed by atoms with E-state index < -0.39 is 5.97 Å². The van der Waals surface area contributed by atoms with Crippen molar-refractivity contribution >= 4 is 42.6 Å². The molecular weight excluding hydrogens is 339 g/mol. The third-order valence-electron chi connectivity index (χ3n) is 3.53. The zero-order valence-electron chi connectivity index (χ0n) is 11.6. The van der Waals surface area contributed by atoms with Gasteiger partial charge in [0, 0.05) is 34.8 Å². The summed E-state index contributed by atoms with van der Waals surface area (Å²) < 4.78 is 5.62. The molecule has 0 fully saturated rings. The normalized spacial score (nSPS) is 15.7. The Kier molecular flexibility index (Phi) is 4.63. The molecule has 0 atom stereocenters. The fourth-order valence-corrected chi connectivity index (χ4v) is 2.51. The van der Waals surface area contributed by atoms with Gasteiger partial charge in [-0.15, -0.1) is 24.8 Å². The molecule has 3 aliphatic rings. The zero-order chi connectivity index (χ0) is 14.4. The average Bonchev–Trinajstić information content (AvgIpc) is 2.85.